The van der Waals surface area contributed by atoms with Crippen LogP contribution < -0.4 is 9.47 Å². The second-order valence-electron chi connectivity index (χ2n) is 15.2. The van der Waals surface area contributed by atoms with Crippen LogP contribution in [-0.4, -0.2) is 38.6 Å². The van der Waals surface area contributed by atoms with Crippen LogP contribution >= 0.6 is 0 Å². The molecule has 0 saturated carbocycles. The molecule has 0 bridgehead atoms. The number of epoxide rings is 2. The maximum absolute atomic E-state index is 6.51. The summed E-state index contributed by atoms with van der Waals surface area (Å²) in [5.41, 5.74) is 11.7. The highest BCUT2D eigenvalue weighted by atomic mass is 16.6. The molecule has 2 heterocycles. The fourth-order valence-corrected chi connectivity index (χ4v) is 7.18. The van der Waals surface area contributed by atoms with E-state index in [1.54, 1.807) is 0 Å². The van der Waals surface area contributed by atoms with Gasteiger partial charge in [-0.2, -0.15) is 0 Å². The first-order valence-corrected chi connectivity index (χ1v) is 16.4. The van der Waals surface area contributed by atoms with Crippen LogP contribution in [0.1, 0.15) is 86.1 Å². The Labute approximate surface area is 268 Å². The van der Waals surface area contributed by atoms with Crippen LogP contribution in [0, 0.1) is 13.8 Å². The van der Waals surface area contributed by atoms with Crippen molar-refractivity contribution in [3.05, 3.63) is 117 Å². The summed E-state index contributed by atoms with van der Waals surface area (Å²) in [4.78, 5) is 0. The molecule has 3 aliphatic rings. The van der Waals surface area contributed by atoms with Crippen molar-refractivity contribution in [1.82, 2.24) is 0 Å². The minimum atomic E-state index is -0.529. The Morgan fingerprint density at radius 2 is 1.00 bits per heavy atom. The molecule has 2 fully saturated rings. The van der Waals surface area contributed by atoms with E-state index in [-0.39, 0.29) is 23.0 Å². The van der Waals surface area contributed by atoms with Crippen LogP contribution in [0.25, 0.3) is 11.1 Å². The van der Waals surface area contributed by atoms with Gasteiger partial charge in [-0.1, -0.05) is 102 Å². The number of hydrogen-bond acceptors (Lipinski definition) is 4. The second-order valence-corrected chi connectivity index (χ2v) is 15.2. The van der Waals surface area contributed by atoms with E-state index in [4.69, 9.17) is 18.9 Å². The Kier molecular flexibility index (Phi) is 7.18. The Morgan fingerprint density at radius 1 is 0.622 bits per heavy atom. The van der Waals surface area contributed by atoms with Crippen LogP contribution in [0.15, 0.2) is 72.8 Å². The molecule has 0 aromatic heterocycles. The van der Waals surface area contributed by atoms with Crippen molar-refractivity contribution in [2.75, 3.05) is 26.4 Å². The lowest BCUT2D eigenvalue weighted by atomic mass is 9.65. The fraction of sp³-hybridized carbons (Fsp3) is 0.415. The third-order valence-corrected chi connectivity index (χ3v) is 9.62. The molecular weight excluding hydrogens is 556 g/mol. The summed E-state index contributed by atoms with van der Waals surface area (Å²) in [6.07, 6.45) is 0.394. The van der Waals surface area contributed by atoms with E-state index in [9.17, 15) is 0 Å². The standard InChI is InChI=1S/C41H46O4/c1-25-17-27(19-35(39(3,4)5)37(25)44-23-29-21-42-29)41(33-15-11-9-13-31(33)32-14-10-12-16-34(32)41)28-18-26(2)38(45-24-30-22-43-30)36(20-28)40(6,7)8/h9-20,29-30H,21-24H2,1-8H3. The molecule has 7 rings (SSSR count). The van der Waals surface area contributed by atoms with Gasteiger partial charge in [0.25, 0.3) is 0 Å². The molecule has 45 heavy (non-hydrogen) atoms. The predicted octanol–water partition coefficient (Wildman–Crippen LogP) is 8.82. The molecule has 2 aliphatic heterocycles. The molecule has 0 spiro atoms. The number of ether oxygens (including phenoxy) is 4. The van der Waals surface area contributed by atoms with Gasteiger partial charge in [0.05, 0.1) is 18.6 Å². The minimum absolute atomic E-state index is 0.131. The van der Waals surface area contributed by atoms with Gasteiger partial charge in [0.15, 0.2) is 0 Å². The van der Waals surface area contributed by atoms with Crippen molar-refractivity contribution in [2.45, 2.75) is 83.8 Å². The van der Waals surface area contributed by atoms with E-state index in [2.05, 4.69) is 128 Å². The molecule has 0 N–H and O–H groups in total. The van der Waals surface area contributed by atoms with Gasteiger partial charge in [0.2, 0.25) is 0 Å². The van der Waals surface area contributed by atoms with Gasteiger partial charge in [0.1, 0.15) is 36.9 Å². The van der Waals surface area contributed by atoms with Gasteiger partial charge in [-0.3, -0.25) is 0 Å². The van der Waals surface area contributed by atoms with Gasteiger partial charge in [-0.25, -0.2) is 0 Å². The van der Waals surface area contributed by atoms with Crippen LogP contribution in [0.4, 0.5) is 0 Å². The highest BCUT2D eigenvalue weighted by molar-refractivity contribution is 5.86. The summed E-state index contributed by atoms with van der Waals surface area (Å²) in [5.74, 6) is 1.96. The maximum atomic E-state index is 6.51. The van der Waals surface area contributed by atoms with Gasteiger partial charge in [-0.05, 0) is 81.3 Å². The summed E-state index contributed by atoms with van der Waals surface area (Å²) in [5, 5.41) is 0. The molecule has 1 aliphatic carbocycles. The van der Waals surface area contributed by atoms with E-state index in [0.29, 0.717) is 13.2 Å². The number of hydrogen-bond donors (Lipinski definition) is 0. The lowest BCUT2D eigenvalue weighted by Gasteiger charge is -2.37. The first-order valence-electron chi connectivity index (χ1n) is 16.4. The SMILES string of the molecule is Cc1cc(C2(c3cc(C)c(OCC4CO4)c(C(C)(C)C)c3)c3ccccc3-c3ccccc32)cc(C(C)(C)C)c1OCC1CO1. The van der Waals surface area contributed by atoms with Gasteiger partial charge in [-0.15, -0.1) is 0 Å². The zero-order chi connectivity index (χ0) is 31.7. The summed E-state index contributed by atoms with van der Waals surface area (Å²) in [7, 11) is 0. The summed E-state index contributed by atoms with van der Waals surface area (Å²) in [6.45, 7) is 20.8. The molecule has 0 amide bonds. The molecule has 4 aromatic carbocycles. The molecule has 4 heteroatoms. The molecule has 4 nitrogen and oxygen atoms in total. The highest BCUT2D eigenvalue weighted by Crippen LogP contribution is 2.58. The number of rotatable bonds is 8. The third-order valence-electron chi connectivity index (χ3n) is 9.62. The van der Waals surface area contributed by atoms with E-state index < -0.39 is 5.41 Å². The van der Waals surface area contributed by atoms with Crippen LogP contribution in [0.2, 0.25) is 0 Å². The number of aryl methyl sites for hydroxylation is 2. The number of fused-ring (bicyclic) bond motifs is 3. The summed E-state index contributed by atoms with van der Waals surface area (Å²) < 4.78 is 24.0. The van der Waals surface area contributed by atoms with Crippen LogP contribution in [0.3, 0.4) is 0 Å². The molecule has 2 saturated heterocycles. The molecule has 4 aromatic rings. The minimum Gasteiger partial charge on any atom is -0.490 e. The topological polar surface area (TPSA) is 43.5 Å². The fourth-order valence-electron chi connectivity index (χ4n) is 7.18. The van der Waals surface area contributed by atoms with E-state index in [1.165, 1.54) is 44.5 Å². The Hall–Kier alpha value is -3.60. The first-order chi connectivity index (χ1) is 21.4. The van der Waals surface area contributed by atoms with Crippen molar-refractivity contribution >= 4 is 0 Å². The van der Waals surface area contributed by atoms with Gasteiger partial charge < -0.3 is 18.9 Å². The van der Waals surface area contributed by atoms with Crippen molar-refractivity contribution in [1.29, 1.82) is 0 Å². The van der Waals surface area contributed by atoms with E-state index in [0.717, 1.165) is 35.8 Å². The average molecular weight is 603 g/mol. The van der Waals surface area contributed by atoms with Crippen molar-refractivity contribution in [3.63, 3.8) is 0 Å². The third kappa shape index (κ3) is 5.26. The first kappa shape index (κ1) is 30.1. The van der Waals surface area contributed by atoms with E-state index >= 15 is 0 Å². The number of benzene rings is 4. The second kappa shape index (κ2) is 10.7. The van der Waals surface area contributed by atoms with Gasteiger partial charge >= 0.3 is 0 Å². The Bertz CT molecular complexity index is 1630. The normalized spacial score (nSPS) is 19.6. The maximum Gasteiger partial charge on any atom is 0.126 e. The Morgan fingerprint density at radius 3 is 1.36 bits per heavy atom. The lowest BCUT2D eigenvalue weighted by molar-refractivity contribution is 0.256. The largest absolute Gasteiger partial charge is 0.490 e. The van der Waals surface area contributed by atoms with Crippen molar-refractivity contribution < 1.29 is 18.9 Å². The summed E-state index contributed by atoms with van der Waals surface area (Å²) in [6, 6.07) is 27.5. The molecule has 2 atom stereocenters. The average Bonchev–Trinajstić information content (AvgIpc) is 3.92. The van der Waals surface area contributed by atoms with Crippen molar-refractivity contribution in [2.24, 2.45) is 0 Å². The van der Waals surface area contributed by atoms with E-state index in [1.807, 2.05) is 0 Å². The quantitative estimate of drug-likeness (QED) is 0.167. The van der Waals surface area contributed by atoms with Gasteiger partial charge in [0, 0.05) is 11.1 Å². The molecule has 0 radical (unpaired) electrons. The zero-order valence-corrected chi connectivity index (χ0v) is 28.0. The van der Waals surface area contributed by atoms with Crippen LogP contribution in [-0.2, 0) is 25.7 Å². The highest BCUT2D eigenvalue weighted by Gasteiger charge is 2.47. The predicted molar refractivity (Wildman–Crippen MR) is 181 cm³/mol. The monoisotopic (exact) mass is 602 g/mol. The lowest BCUT2D eigenvalue weighted by Crippen LogP contribution is -2.31. The van der Waals surface area contributed by atoms with Crippen molar-refractivity contribution in [3.8, 4) is 22.6 Å². The smallest absolute Gasteiger partial charge is 0.126 e. The summed E-state index contributed by atoms with van der Waals surface area (Å²) >= 11 is 0. The zero-order valence-electron chi connectivity index (χ0n) is 28.0. The molecule has 2 unspecified atom stereocenters. The molecular formula is C41H46O4. The van der Waals surface area contributed by atoms with Crippen LogP contribution in [0.5, 0.6) is 11.5 Å². The Balaban J connectivity index is 1.53. The molecule has 234 valence electrons.